The highest BCUT2D eigenvalue weighted by molar-refractivity contribution is 5.68. The fourth-order valence-electron chi connectivity index (χ4n) is 1.64. The highest BCUT2D eigenvalue weighted by Gasteiger charge is 2.14. The third-order valence-corrected chi connectivity index (χ3v) is 2.65. The molecule has 0 radical (unpaired) electrons. The van der Waals surface area contributed by atoms with Gasteiger partial charge in [-0.25, -0.2) is 0 Å². The van der Waals surface area contributed by atoms with Crippen LogP contribution in [0.3, 0.4) is 0 Å². The highest BCUT2D eigenvalue weighted by Crippen LogP contribution is 2.20. The Morgan fingerprint density at radius 2 is 1.82 bits per heavy atom. The molecule has 2 N–H and O–H groups in total. The number of hydrogen-bond acceptors (Lipinski definition) is 2. The fraction of sp³-hybridized carbons (Fsp3) is 0.385. The molecule has 0 saturated heterocycles. The molecule has 0 aliphatic heterocycles. The van der Waals surface area contributed by atoms with E-state index in [1.165, 1.54) is 5.56 Å². The molecule has 1 unspecified atom stereocenters. The van der Waals surface area contributed by atoms with Gasteiger partial charge in [0.15, 0.2) is 0 Å². The first-order chi connectivity index (χ1) is 8.04. The van der Waals surface area contributed by atoms with Gasteiger partial charge >= 0.3 is 5.97 Å². The van der Waals surface area contributed by atoms with Crippen LogP contribution in [0.2, 0.25) is 0 Å². The second-order valence-electron chi connectivity index (χ2n) is 4.26. The number of carbonyl (C=O) groups is 2. The minimum Gasteiger partial charge on any atom is -0.481 e. The van der Waals surface area contributed by atoms with Crippen molar-refractivity contribution in [2.45, 2.75) is 32.2 Å². The van der Waals surface area contributed by atoms with E-state index in [0.29, 0.717) is 12.3 Å². The molecule has 0 fully saturated rings. The molecule has 17 heavy (non-hydrogen) atoms. The molecule has 1 aromatic rings. The van der Waals surface area contributed by atoms with E-state index >= 15 is 0 Å². The fourth-order valence-corrected chi connectivity index (χ4v) is 1.64. The van der Waals surface area contributed by atoms with E-state index in [-0.39, 0.29) is 6.42 Å². The van der Waals surface area contributed by atoms with Crippen LogP contribution in [0.25, 0.3) is 0 Å². The molecule has 1 amide bonds. The van der Waals surface area contributed by atoms with Gasteiger partial charge in [0.1, 0.15) is 0 Å². The number of hydrogen-bond donors (Lipinski definition) is 2. The summed E-state index contributed by atoms with van der Waals surface area (Å²) in [7, 11) is 0. The van der Waals surface area contributed by atoms with Crippen LogP contribution in [0.4, 0.5) is 0 Å². The molecule has 0 aliphatic carbocycles. The molecule has 1 atom stereocenters. The summed E-state index contributed by atoms with van der Waals surface area (Å²) in [6.45, 7) is 4.18. The summed E-state index contributed by atoms with van der Waals surface area (Å²) >= 11 is 0. The van der Waals surface area contributed by atoms with Crippen molar-refractivity contribution < 1.29 is 14.7 Å². The molecule has 0 heterocycles. The van der Waals surface area contributed by atoms with Gasteiger partial charge in [0.05, 0.1) is 12.5 Å². The van der Waals surface area contributed by atoms with Crippen molar-refractivity contribution >= 4 is 12.4 Å². The molecule has 92 valence electrons. The zero-order valence-electron chi connectivity index (χ0n) is 10.0. The minimum atomic E-state index is -0.933. The van der Waals surface area contributed by atoms with E-state index in [1.807, 2.05) is 24.3 Å². The average Bonchev–Trinajstić information content (AvgIpc) is 2.28. The van der Waals surface area contributed by atoms with Crippen molar-refractivity contribution in [1.29, 1.82) is 0 Å². The van der Waals surface area contributed by atoms with Gasteiger partial charge < -0.3 is 10.4 Å². The number of aliphatic carboxylic acids is 1. The van der Waals surface area contributed by atoms with Crippen molar-refractivity contribution in [3.05, 3.63) is 35.4 Å². The Bertz CT molecular complexity index is 384. The second kappa shape index (κ2) is 6.03. The molecule has 1 aromatic carbocycles. The smallest absolute Gasteiger partial charge is 0.305 e. The molecular formula is C13H17NO3. The predicted molar refractivity (Wildman–Crippen MR) is 64.7 cm³/mol. The molecule has 0 spiro atoms. The lowest BCUT2D eigenvalue weighted by molar-refractivity contribution is -0.137. The lowest BCUT2D eigenvalue weighted by atomic mass is 9.98. The third kappa shape index (κ3) is 3.90. The Morgan fingerprint density at radius 3 is 2.24 bits per heavy atom. The third-order valence-electron chi connectivity index (χ3n) is 2.65. The number of carboxylic acid groups (broad SMARTS) is 1. The van der Waals surface area contributed by atoms with Crippen LogP contribution in [-0.2, 0) is 9.59 Å². The normalized spacial score (nSPS) is 12.2. The van der Waals surface area contributed by atoms with Crippen molar-refractivity contribution in [1.82, 2.24) is 5.32 Å². The molecular weight excluding hydrogens is 218 g/mol. The molecule has 1 rings (SSSR count). The van der Waals surface area contributed by atoms with Gasteiger partial charge in [0.25, 0.3) is 0 Å². The van der Waals surface area contributed by atoms with E-state index in [1.54, 1.807) is 0 Å². The summed E-state index contributed by atoms with van der Waals surface area (Å²) < 4.78 is 0. The van der Waals surface area contributed by atoms with E-state index < -0.39 is 12.0 Å². The lowest BCUT2D eigenvalue weighted by Crippen LogP contribution is -2.22. The van der Waals surface area contributed by atoms with Gasteiger partial charge in [0, 0.05) is 0 Å². The van der Waals surface area contributed by atoms with E-state index in [4.69, 9.17) is 5.11 Å². The monoisotopic (exact) mass is 235 g/mol. The van der Waals surface area contributed by atoms with Gasteiger partial charge in [-0.05, 0) is 17.0 Å². The van der Waals surface area contributed by atoms with E-state index in [0.717, 1.165) is 5.56 Å². The number of amides is 1. The Hall–Kier alpha value is -1.84. The van der Waals surface area contributed by atoms with E-state index in [2.05, 4.69) is 19.2 Å². The summed E-state index contributed by atoms with van der Waals surface area (Å²) in [5, 5.41) is 11.3. The summed E-state index contributed by atoms with van der Waals surface area (Å²) in [6.07, 6.45) is 0.420. The van der Waals surface area contributed by atoms with Crippen molar-refractivity contribution in [3.8, 4) is 0 Å². The van der Waals surface area contributed by atoms with Crippen molar-refractivity contribution in [2.24, 2.45) is 0 Å². The summed E-state index contributed by atoms with van der Waals surface area (Å²) in [6, 6.07) is 7.17. The molecule has 0 bridgehead atoms. The molecule has 0 aliphatic rings. The number of carboxylic acids is 1. The Labute approximate surface area is 101 Å². The van der Waals surface area contributed by atoms with Gasteiger partial charge in [-0.15, -0.1) is 0 Å². The predicted octanol–water partition coefficient (Wildman–Crippen LogP) is 2.07. The van der Waals surface area contributed by atoms with Gasteiger partial charge in [0.2, 0.25) is 6.41 Å². The van der Waals surface area contributed by atoms with Gasteiger partial charge in [-0.2, -0.15) is 0 Å². The maximum Gasteiger partial charge on any atom is 0.305 e. The minimum absolute atomic E-state index is 0.111. The summed E-state index contributed by atoms with van der Waals surface area (Å²) in [4.78, 5) is 21.1. The first-order valence-corrected chi connectivity index (χ1v) is 5.56. The van der Waals surface area contributed by atoms with Crippen LogP contribution in [-0.4, -0.2) is 17.5 Å². The topological polar surface area (TPSA) is 66.4 Å². The van der Waals surface area contributed by atoms with Crippen molar-refractivity contribution in [3.63, 3.8) is 0 Å². The summed E-state index contributed by atoms with van der Waals surface area (Å²) in [5.41, 5.74) is 2.00. The Kier molecular flexibility index (Phi) is 4.69. The molecule has 4 nitrogen and oxygen atoms in total. The first-order valence-electron chi connectivity index (χ1n) is 5.56. The number of carbonyl (C=O) groups excluding carboxylic acids is 1. The van der Waals surface area contributed by atoms with Crippen LogP contribution in [0.1, 0.15) is 43.4 Å². The largest absolute Gasteiger partial charge is 0.481 e. The van der Waals surface area contributed by atoms with Crippen LogP contribution in [0.15, 0.2) is 24.3 Å². The lowest BCUT2D eigenvalue weighted by Gasteiger charge is -2.15. The van der Waals surface area contributed by atoms with Crippen LogP contribution in [0.5, 0.6) is 0 Å². The molecule has 0 aromatic heterocycles. The van der Waals surface area contributed by atoms with Crippen molar-refractivity contribution in [2.75, 3.05) is 0 Å². The Morgan fingerprint density at radius 1 is 1.29 bits per heavy atom. The first kappa shape index (κ1) is 13.2. The zero-order chi connectivity index (χ0) is 12.8. The molecule has 0 saturated carbocycles. The SMILES string of the molecule is CC(C)c1ccc(C(CC(=O)O)NC=O)cc1. The average molecular weight is 235 g/mol. The number of rotatable bonds is 6. The van der Waals surface area contributed by atoms with E-state index in [9.17, 15) is 9.59 Å². The maximum absolute atomic E-state index is 10.7. The summed E-state index contributed by atoms with van der Waals surface area (Å²) in [5.74, 6) is -0.502. The van der Waals surface area contributed by atoms with Gasteiger partial charge in [-0.1, -0.05) is 38.1 Å². The van der Waals surface area contributed by atoms with Crippen LogP contribution in [0, 0.1) is 0 Å². The zero-order valence-corrected chi connectivity index (χ0v) is 10.0. The maximum atomic E-state index is 10.7. The van der Waals surface area contributed by atoms with Crippen LogP contribution >= 0.6 is 0 Å². The van der Waals surface area contributed by atoms with Gasteiger partial charge in [-0.3, -0.25) is 9.59 Å². The van der Waals surface area contributed by atoms with Crippen LogP contribution < -0.4 is 5.32 Å². The Balaban J connectivity index is 2.86. The quantitative estimate of drug-likeness (QED) is 0.742. The number of nitrogens with one attached hydrogen (secondary N) is 1. The second-order valence-corrected chi connectivity index (χ2v) is 4.26. The highest BCUT2D eigenvalue weighted by atomic mass is 16.4. The standard InChI is InChI=1S/C13H17NO3/c1-9(2)10-3-5-11(6-4-10)12(14-8-15)7-13(16)17/h3-6,8-9,12H,7H2,1-2H3,(H,14,15)(H,16,17). The molecule has 4 heteroatoms. The number of benzene rings is 1.